The number of benzene rings is 2. The number of nitrogens with zero attached hydrogens (tertiary/aromatic N) is 10. The predicted octanol–water partition coefficient (Wildman–Crippen LogP) is 6.96. The third kappa shape index (κ3) is 12.7. The van der Waals surface area contributed by atoms with Gasteiger partial charge in [0.15, 0.2) is 0 Å². The van der Waals surface area contributed by atoms with E-state index in [9.17, 15) is 28.8 Å². The smallest absolute Gasteiger partial charge is 0.330 e. The molecule has 3 fully saturated rings. The molecule has 0 radical (unpaired) electrons. The topological polar surface area (TPSA) is 268 Å². The maximum atomic E-state index is 14.5. The Morgan fingerprint density at radius 1 is 0.659 bits per heavy atom. The van der Waals surface area contributed by atoms with Crippen LogP contribution in [0, 0.1) is 11.8 Å². The Bertz CT molecular complexity index is 3280. The molecule has 1 aliphatic carbocycles. The zero-order valence-corrected chi connectivity index (χ0v) is 50.9. The van der Waals surface area contributed by atoms with Crippen molar-refractivity contribution in [1.82, 2.24) is 40.4 Å². The third-order valence-electron chi connectivity index (χ3n) is 15.9. The van der Waals surface area contributed by atoms with Gasteiger partial charge in [0, 0.05) is 81.3 Å². The molecule has 85 heavy (non-hydrogen) atoms. The predicted molar refractivity (Wildman–Crippen MR) is 321 cm³/mol. The van der Waals surface area contributed by atoms with Gasteiger partial charge in [-0.25, -0.2) is 19.6 Å². The second kappa shape index (κ2) is 26.4. The molecule has 9 rings (SSSR count). The fourth-order valence-corrected chi connectivity index (χ4v) is 12.8. The van der Waals surface area contributed by atoms with Crippen LogP contribution in [0.3, 0.4) is 0 Å². The van der Waals surface area contributed by atoms with E-state index in [1.807, 2.05) is 11.9 Å². The number of anilines is 6. The molecule has 25 nitrogen and oxygen atoms in total. The molecule has 7 atom stereocenters. The highest BCUT2D eigenvalue weighted by molar-refractivity contribution is 6.43. The van der Waals surface area contributed by atoms with Crippen molar-refractivity contribution in [3.05, 3.63) is 81.1 Å². The second-order valence-corrected chi connectivity index (χ2v) is 22.6. The van der Waals surface area contributed by atoms with Crippen LogP contribution < -0.4 is 59.8 Å². The number of rotatable bonds is 19. The van der Waals surface area contributed by atoms with Crippen LogP contribution in [-0.4, -0.2) is 171 Å². The maximum Gasteiger partial charge on any atom is 0.330 e. The Labute approximate surface area is 511 Å². The number of nitrogens with one attached hydrogen (secondary N) is 4. The minimum atomic E-state index is -0.563. The van der Waals surface area contributed by atoms with Crippen LogP contribution in [0.2, 0.25) is 20.1 Å². The van der Waals surface area contributed by atoms with Gasteiger partial charge in [0.05, 0.1) is 89.1 Å². The van der Waals surface area contributed by atoms with Crippen LogP contribution in [0.1, 0.15) is 50.2 Å². The molecular weight excluding hydrogens is 1190 g/mol. The first-order chi connectivity index (χ1) is 40.7. The number of aromatic nitrogens is 4. The molecule has 29 heteroatoms. The largest absolute Gasteiger partial charge is 0.495 e. The van der Waals surface area contributed by atoms with E-state index in [0.29, 0.717) is 61.4 Å². The van der Waals surface area contributed by atoms with Crippen LogP contribution >= 0.6 is 46.4 Å². The fraction of sp³-hybridized carbons (Fsp3) is 0.464. The molecule has 1 saturated carbocycles. The summed E-state index contributed by atoms with van der Waals surface area (Å²) in [6, 6.07) is -0.290. The van der Waals surface area contributed by atoms with Crippen LogP contribution in [0.25, 0.3) is 0 Å². The first-order valence-corrected chi connectivity index (χ1v) is 28.9. The first kappa shape index (κ1) is 62.0. The lowest BCUT2D eigenvalue weighted by Crippen LogP contribution is -2.51. The van der Waals surface area contributed by atoms with Gasteiger partial charge < -0.3 is 49.9 Å². The number of carbonyl (C=O) groups excluding carboxylic acids is 6. The van der Waals surface area contributed by atoms with Gasteiger partial charge in [0.2, 0.25) is 29.6 Å². The average molecular weight is 1250 g/mol. The zero-order chi connectivity index (χ0) is 61.1. The number of likely N-dealkylation sites (N-methyl/N-ethyl adjacent to an activating group) is 1. The average Bonchev–Trinajstić information content (AvgIpc) is 3.40. The highest BCUT2D eigenvalue weighted by Gasteiger charge is 2.43. The van der Waals surface area contributed by atoms with Gasteiger partial charge in [-0.2, -0.15) is 9.97 Å². The summed E-state index contributed by atoms with van der Waals surface area (Å²) in [5.41, 5.74) is 1.51. The molecule has 4 unspecified atom stereocenters. The number of carbonyl (C=O) groups is 6. The summed E-state index contributed by atoms with van der Waals surface area (Å²) in [7, 11) is 9.32. The van der Waals surface area contributed by atoms with E-state index in [0.717, 1.165) is 6.08 Å². The summed E-state index contributed by atoms with van der Waals surface area (Å²) in [6.45, 7) is 10.2. The van der Waals surface area contributed by atoms with Crippen molar-refractivity contribution < 1.29 is 52.5 Å². The van der Waals surface area contributed by atoms with Crippen molar-refractivity contribution in [3.8, 4) is 23.0 Å². The number of halogens is 4. The van der Waals surface area contributed by atoms with E-state index in [-0.39, 0.29) is 135 Å². The van der Waals surface area contributed by atoms with Crippen LogP contribution in [0.5, 0.6) is 23.0 Å². The van der Waals surface area contributed by atoms with Crippen LogP contribution in [0.4, 0.5) is 44.5 Å². The summed E-state index contributed by atoms with van der Waals surface area (Å²) in [5, 5.41) is 12.9. The molecule has 4 aliphatic heterocycles. The van der Waals surface area contributed by atoms with Gasteiger partial charge in [-0.3, -0.25) is 43.7 Å². The minimum Gasteiger partial charge on any atom is -0.495 e. The number of ether oxygens (including phenoxy) is 5. The molecule has 5 aliphatic rings. The lowest BCUT2D eigenvalue weighted by molar-refractivity contribution is -0.149. The maximum absolute atomic E-state index is 14.5. The number of piperidine rings is 1. The molecule has 0 spiro atoms. The van der Waals surface area contributed by atoms with E-state index in [1.54, 1.807) is 44.4 Å². The molecule has 7 amide bonds. The Balaban J connectivity index is 0.838. The van der Waals surface area contributed by atoms with Crippen molar-refractivity contribution in [2.45, 2.75) is 82.3 Å². The Morgan fingerprint density at radius 2 is 1.15 bits per heavy atom. The number of fused-ring (bicyclic) bond motifs is 2. The number of likely N-dealkylation sites (tertiary alicyclic amines) is 2. The lowest BCUT2D eigenvalue weighted by Gasteiger charge is -2.38. The van der Waals surface area contributed by atoms with E-state index in [4.69, 9.17) is 80.1 Å². The summed E-state index contributed by atoms with van der Waals surface area (Å²) in [5.74, 6) is 0.303. The Hall–Kier alpha value is -7.58. The third-order valence-corrected chi connectivity index (χ3v) is 17.3. The number of esters is 1. The number of hydrogen-bond acceptors (Lipinski definition) is 18. The molecule has 4 aromatic rings. The molecule has 2 aromatic heterocycles. The first-order valence-electron chi connectivity index (χ1n) is 27.4. The quantitative estimate of drug-likeness (QED) is 0.0546. The van der Waals surface area contributed by atoms with Gasteiger partial charge in [0.1, 0.15) is 54.7 Å². The molecule has 454 valence electrons. The molecule has 2 aromatic carbocycles. The monoisotopic (exact) mass is 1250 g/mol. The number of methoxy groups -OCH3 is 3. The highest BCUT2D eigenvalue weighted by Crippen LogP contribution is 2.50. The summed E-state index contributed by atoms with van der Waals surface area (Å²) >= 11 is 27.5. The molecule has 2 saturated heterocycles. The van der Waals surface area contributed by atoms with Crippen molar-refractivity contribution >= 4 is 117 Å². The van der Waals surface area contributed by atoms with Crippen molar-refractivity contribution in [3.63, 3.8) is 0 Å². The van der Waals surface area contributed by atoms with Gasteiger partial charge in [-0.1, -0.05) is 59.6 Å². The zero-order valence-electron chi connectivity index (χ0n) is 47.9. The van der Waals surface area contributed by atoms with Gasteiger partial charge in [-0.15, -0.1) is 0 Å². The number of hydrogen-bond donors (Lipinski definition) is 4. The van der Waals surface area contributed by atoms with E-state index in [1.165, 1.54) is 53.1 Å². The van der Waals surface area contributed by atoms with Crippen LogP contribution in [0.15, 0.2) is 49.8 Å². The van der Waals surface area contributed by atoms with Gasteiger partial charge >= 0.3 is 18.0 Å². The van der Waals surface area contributed by atoms with E-state index >= 15 is 0 Å². The van der Waals surface area contributed by atoms with E-state index < -0.39 is 48.1 Å². The van der Waals surface area contributed by atoms with Crippen molar-refractivity contribution in [2.24, 2.45) is 11.8 Å². The van der Waals surface area contributed by atoms with Crippen molar-refractivity contribution in [1.29, 1.82) is 0 Å². The number of urea groups is 2. The second-order valence-electron chi connectivity index (χ2n) is 21.1. The van der Waals surface area contributed by atoms with Crippen LogP contribution in [-0.2, 0) is 37.0 Å². The summed E-state index contributed by atoms with van der Waals surface area (Å²) in [6.07, 6.45) is 7.97. The Kier molecular flexibility index (Phi) is 19.2. The minimum absolute atomic E-state index is 0.0118. The Morgan fingerprint density at radius 3 is 1.66 bits per heavy atom. The normalized spacial score (nSPS) is 22.2. The standard InChI is InChI=1S/C56H66Cl4N14O11/c1-10-41(75)63-33-17-29(52(78)84-12-3)14-15-32(33)65-53-61-20-30-24-74(56(80)70(5)49(30)67-53)48-45(59)39(83-9)19-40(46(48)60)85-27-28-13-16-36(69(4)22-28)51(77)72-25-34(64-42(76)11-2)35(26-72)66-54-62-21-31-23-73(55(79)71(6)50(31)68-54)47-43(57)37(81-7)18-38(82-8)44(47)58/h10-11,18-21,28-29,32-36H,1-2,12-17,22-27H2,3-9H3,(H,63,75)(H,64,76)(H,61,65,67)(H,62,66,68)/t28?,29-,32-,33+,34?,35?,36?/m1/s1. The molecular formula is C56H66Cl4N14O11. The number of amides is 7. The summed E-state index contributed by atoms with van der Waals surface area (Å²) < 4.78 is 28.2. The molecule has 6 heterocycles. The summed E-state index contributed by atoms with van der Waals surface area (Å²) in [4.78, 5) is 108. The van der Waals surface area contributed by atoms with Gasteiger partial charge in [-0.05, 0) is 58.2 Å². The fourth-order valence-electron chi connectivity index (χ4n) is 11.5. The van der Waals surface area contributed by atoms with Crippen molar-refractivity contribution in [2.75, 3.05) is 106 Å². The SMILES string of the molecule is C=CC(=O)NC1CN(C(=O)C2CCC(COc3cc(OC)c(Cl)c(N4Cc5cnc(N[C@@H]6CC[C@@H](C(=O)OCC)C[C@@H]6NC(=O)C=C)nc5N(C)C4=O)c3Cl)CN2C)CC1Nc1ncc2c(n1)N(C)C(=O)N(c1c(Cl)c(OC)cc(OC)c1Cl)C2. The highest BCUT2D eigenvalue weighted by atomic mass is 35.5. The molecule has 4 N–H and O–H groups in total. The van der Waals surface area contributed by atoms with Gasteiger partial charge in [0.25, 0.3) is 0 Å². The lowest BCUT2D eigenvalue weighted by atomic mass is 9.82. The van der Waals surface area contributed by atoms with E-state index in [2.05, 4.69) is 44.4 Å². The molecule has 0 bridgehead atoms.